The molecule has 0 saturated carbocycles. The van der Waals surface area contributed by atoms with Gasteiger partial charge in [-0.05, 0) is 45.5 Å². The molecule has 0 saturated heterocycles. The zero-order valence-electron chi connectivity index (χ0n) is 15.8. The summed E-state index contributed by atoms with van der Waals surface area (Å²) in [6.07, 6.45) is 3.42. The average molecular weight is 378 g/mol. The number of carbonyl (C=O) groups is 1. The van der Waals surface area contributed by atoms with Crippen LogP contribution >= 0.6 is 0 Å². The summed E-state index contributed by atoms with van der Waals surface area (Å²) in [5.41, 5.74) is 2.06. The van der Waals surface area contributed by atoms with Crippen LogP contribution in [-0.4, -0.2) is 35.9 Å². The normalized spacial score (nSPS) is 13.4. The second kappa shape index (κ2) is 7.59. The maximum Gasteiger partial charge on any atom is 0.246 e. The van der Waals surface area contributed by atoms with Crippen molar-refractivity contribution in [2.45, 2.75) is 37.3 Å². The molecule has 2 aromatic rings. The number of carbonyl (C=O) groups excluding carboxylic acids is 1. The lowest BCUT2D eigenvalue weighted by Crippen LogP contribution is -2.30. The largest absolute Gasteiger partial charge is 0.324 e. The molecule has 0 fully saturated rings. The molecule has 7 nitrogen and oxygen atoms in total. The van der Waals surface area contributed by atoms with Crippen molar-refractivity contribution < 1.29 is 13.2 Å². The summed E-state index contributed by atoms with van der Waals surface area (Å²) in [6.45, 7) is 5.06. The van der Waals surface area contributed by atoms with Crippen molar-refractivity contribution >= 4 is 21.4 Å². The number of hydrogen-bond donors (Lipinski definition) is 2. The molecule has 2 rings (SSSR count). The summed E-state index contributed by atoms with van der Waals surface area (Å²) in [7, 11) is 0.252. The molecule has 1 unspecified atom stereocenters. The number of anilines is 1. The molecule has 0 bridgehead atoms. The molecule has 1 aromatic carbocycles. The molecule has 0 aliphatic rings. The Kier molecular flexibility index (Phi) is 5.87. The van der Waals surface area contributed by atoms with Gasteiger partial charge in [0, 0.05) is 24.5 Å². The third kappa shape index (κ3) is 4.70. The Bertz CT molecular complexity index is 865. The van der Waals surface area contributed by atoms with Gasteiger partial charge in [-0.25, -0.2) is 8.42 Å². The van der Waals surface area contributed by atoms with E-state index in [1.54, 1.807) is 76.2 Å². The first kappa shape index (κ1) is 20.1. The van der Waals surface area contributed by atoms with Gasteiger partial charge >= 0.3 is 0 Å². The molecule has 2 N–H and O–H groups in total. The number of aromatic nitrogens is 2. The number of amides is 1. The number of rotatable bonds is 6. The number of nitrogens with zero attached hydrogens (tertiary/aromatic N) is 2. The Morgan fingerprint density at radius 1 is 1.23 bits per heavy atom. The van der Waals surface area contributed by atoms with E-state index in [2.05, 4.69) is 15.7 Å². The second-order valence-electron chi connectivity index (χ2n) is 7.23. The van der Waals surface area contributed by atoms with Crippen molar-refractivity contribution in [3.05, 3.63) is 47.8 Å². The zero-order valence-corrected chi connectivity index (χ0v) is 16.6. The van der Waals surface area contributed by atoms with E-state index in [4.69, 9.17) is 0 Å². The van der Waals surface area contributed by atoms with E-state index >= 15 is 0 Å². The fourth-order valence-corrected chi connectivity index (χ4v) is 3.44. The van der Waals surface area contributed by atoms with Gasteiger partial charge in [0.05, 0.1) is 16.7 Å². The fraction of sp³-hybridized carbons (Fsp3) is 0.444. The van der Waals surface area contributed by atoms with Gasteiger partial charge in [0.15, 0.2) is 9.84 Å². The average Bonchev–Trinajstić information content (AvgIpc) is 2.95. The topological polar surface area (TPSA) is 93.1 Å². The Balaban J connectivity index is 2.08. The smallest absolute Gasteiger partial charge is 0.246 e. The number of hydrogen-bond acceptors (Lipinski definition) is 5. The van der Waals surface area contributed by atoms with Crippen LogP contribution in [0.15, 0.2) is 36.7 Å². The van der Waals surface area contributed by atoms with Crippen molar-refractivity contribution in [1.29, 1.82) is 0 Å². The van der Waals surface area contributed by atoms with Gasteiger partial charge in [-0.1, -0.05) is 12.1 Å². The number of nitrogens with one attached hydrogen (secondary N) is 2. The Hall–Kier alpha value is -2.19. The van der Waals surface area contributed by atoms with E-state index in [0.29, 0.717) is 11.3 Å². The molecule has 1 amide bonds. The fourth-order valence-electron chi connectivity index (χ4n) is 2.37. The number of aryl methyl sites for hydroxylation is 1. The molecule has 0 spiro atoms. The minimum absolute atomic E-state index is 0.0282. The summed E-state index contributed by atoms with van der Waals surface area (Å²) in [5.74, 6) is -0.241. The Morgan fingerprint density at radius 2 is 1.85 bits per heavy atom. The molecule has 1 heterocycles. The van der Waals surface area contributed by atoms with E-state index in [1.165, 1.54) is 0 Å². The van der Waals surface area contributed by atoms with Crippen LogP contribution in [0.2, 0.25) is 0 Å². The van der Waals surface area contributed by atoms with E-state index in [1.807, 2.05) is 0 Å². The monoisotopic (exact) mass is 378 g/mol. The number of sulfone groups is 1. The lowest BCUT2D eigenvalue weighted by Gasteiger charge is -2.19. The van der Waals surface area contributed by atoms with Crippen molar-refractivity contribution in [2.24, 2.45) is 7.05 Å². The molecular formula is C18H26N4O3S. The van der Waals surface area contributed by atoms with E-state index in [9.17, 15) is 13.2 Å². The third-order valence-electron chi connectivity index (χ3n) is 4.12. The van der Waals surface area contributed by atoms with Gasteiger partial charge < -0.3 is 10.6 Å². The zero-order chi connectivity index (χ0) is 19.5. The van der Waals surface area contributed by atoms with Crippen LogP contribution in [0.3, 0.4) is 0 Å². The SMILES string of the molecule is CNC(C(=O)Nc1ccc(CS(=O)(=O)C(C)(C)C)cc1)c1cnn(C)c1. The van der Waals surface area contributed by atoms with Crippen LogP contribution in [0.1, 0.15) is 37.9 Å². The second-order valence-corrected chi connectivity index (χ2v) is 9.97. The summed E-state index contributed by atoms with van der Waals surface area (Å²) < 4.78 is 25.4. The van der Waals surface area contributed by atoms with Crippen molar-refractivity contribution in [3.63, 3.8) is 0 Å². The molecule has 1 atom stereocenters. The quantitative estimate of drug-likeness (QED) is 0.802. The van der Waals surface area contributed by atoms with Crippen molar-refractivity contribution in [2.75, 3.05) is 12.4 Å². The van der Waals surface area contributed by atoms with Crippen molar-refractivity contribution in [3.8, 4) is 0 Å². The minimum atomic E-state index is -3.24. The van der Waals surface area contributed by atoms with Crippen LogP contribution in [0.5, 0.6) is 0 Å². The van der Waals surface area contributed by atoms with Gasteiger partial charge in [-0.2, -0.15) is 5.10 Å². The molecule has 26 heavy (non-hydrogen) atoms. The first-order valence-corrected chi connectivity index (χ1v) is 9.96. The van der Waals surface area contributed by atoms with Gasteiger partial charge in [-0.15, -0.1) is 0 Å². The molecule has 8 heteroatoms. The van der Waals surface area contributed by atoms with E-state index in [0.717, 1.165) is 5.56 Å². The standard InChI is InChI=1S/C18H26N4O3S/c1-18(2,3)26(24,25)12-13-6-8-15(9-7-13)21-17(23)16(19-4)14-10-20-22(5)11-14/h6-11,16,19H,12H2,1-5H3,(H,21,23). The maximum atomic E-state index is 12.5. The third-order valence-corrected chi connectivity index (χ3v) is 6.70. The van der Waals surface area contributed by atoms with Gasteiger partial charge in [0.25, 0.3) is 0 Å². The number of likely N-dealkylation sites (N-methyl/N-ethyl adjacent to an activating group) is 1. The Labute approximate surface area is 154 Å². The van der Waals surface area contributed by atoms with Crippen LogP contribution in [-0.2, 0) is 27.4 Å². The summed E-state index contributed by atoms with van der Waals surface area (Å²) in [6, 6.07) is 6.34. The van der Waals surface area contributed by atoms with Crippen LogP contribution in [0, 0.1) is 0 Å². The van der Waals surface area contributed by atoms with Crippen LogP contribution in [0.4, 0.5) is 5.69 Å². The highest BCUT2D eigenvalue weighted by Gasteiger charge is 2.29. The van der Waals surface area contributed by atoms with Crippen molar-refractivity contribution in [1.82, 2.24) is 15.1 Å². The van der Waals surface area contributed by atoms with Crippen LogP contribution < -0.4 is 10.6 Å². The predicted molar refractivity (Wildman–Crippen MR) is 102 cm³/mol. The van der Waals surface area contributed by atoms with Crippen LogP contribution in [0.25, 0.3) is 0 Å². The van der Waals surface area contributed by atoms with E-state index < -0.39 is 20.6 Å². The molecule has 1 aromatic heterocycles. The van der Waals surface area contributed by atoms with E-state index in [-0.39, 0.29) is 11.7 Å². The van der Waals surface area contributed by atoms with Gasteiger partial charge in [0.1, 0.15) is 6.04 Å². The lowest BCUT2D eigenvalue weighted by atomic mass is 10.1. The molecule has 0 aliphatic heterocycles. The maximum absolute atomic E-state index is 12.5. The minimum Gasteiger partial charge on any atom is -0.324 e. The molecule has 142 valence electrons. The highest BCUT2D eigenvalue weighted by molar-refractivity contribution is 7.91. The first-order valence-electron chi connectivity index (χ1n) is 8.31. The molecular weight excluding hydrogens is 352 g/mol. The summed E-state index contributed by atoms with van der Waals surface area (Å²) in [5, 5.41) is 9.88. The first-order chi connectivity index (χ1) is 12.0. The lowest BCUT2D eigenvalue weighted by molar-refractivity contribution is -0.118. The molecule has 0 radical (unpaired) electrons. The van der Waals surface area contributed by atoms with Gasteiger partial charge in [0.2, 0.25) is 5.91 Å². The number of benzene rings is 1. The van der Waals surface area contributed by atoms with Gasteiger partial charge in [-0.3, -0.25) is 9.48 Å². The summed E-state index contributed by atoms with van der Waals surface area (Å²) >= 11 is 0. The highest BCUT2D eigenvalue weighted by atomic mass is 32.2. The predicted octanol–water partition coefficient (Wildman–Crippen LogP) is 2.03. The summed E-state index contributed by atoms with van der Waals surface area (Å²) in [4.78, 5) is 12.5. The molecule has 0 aliphatic carbocycles. The highest BCUT2D eigenvalue weighted by Crippen LogP contribution is 2.22. The Morgan fingerprint density at radius 3 is 2.31 bits per heavy atom.